The molecule has 1 aliphatic carbocycles. The minimum atomic E-state index is -1.10. The number of hydrogen-bond acceptors (Lipinski definition) is 5. The maximum Gasteiger partial charge on any atom is 0.107 e. The van der Waals surface area contributed by atoms with Gasteiger partial charge in [0.15, 0.2) is 0 Å². The topological polar surface area (TPSA) is 80.9 Å². The van der Waals surface area contributed by atoms with Gasteiger partial charge in [0.05, 0.1) is 12.2 Å². The molecule has 2 aliphatic rings. The summed E-state index contributed by atoms with van der Waals surface area (Å²) in [6.07, 6.45) is -2.92. The molecule has 0 aromatic rings. The highest BCUT2D eigenvalue weighted by Gasteiger charge is 2.58. The molecule has 70 valence electrons. The number of aliphatic hydroxyl groups excluding tert-OH is 4. The fourth-order valence-corrected chi connectivity index (χ4v) is 3.22. The Hall–Kier alpha value is 0.190. The van der Waals surface area contributed by atoms with Crippen LogP contribution >= 0.6 is 11.8 Å². The summed E-state index contributed by atoms with van der Waals surface area (Å²) < 4.78 is 0. The van der Waals surface area contributed by atoms with Crippen LogP contribution in [0, 0.1) is 5.92 Å². The van der Waals surface area contributed by atoms with Gasteiger partial charge in [-0.05, 0) is 0 Å². The average Bonchev–Trinajstić information content (AvgIpc) is 2.81. The van der Waals surface area contributed by atoms with Crippen LogP contribution in [-0.2, 0) is 0 Å². The zero-order valence-corrected chi connectivity index (χ0v) is 7.18. The first-order valence-corrected chi connectivity index (χ1v) is 4.91. The summed E-state index contributed by atoms with van der Waals surface area (Å²) in [4.78, 5) is 0. The molecule has 2 fully saturated rings. The van der Waals surface area contributed by atoms with Crippen LogP contribution in [0.2, 0.25) is 0 Å². The number of thioether (sulfide) groups is 1. The molecule has 0 bridgehead atoms. The Morgan fingerprint density at radius 1 is 0.917 bits per heavy atom. The molecule has 0 unspecified atom stereocenters. The molecule has 0 radical (unpaired) electrons. The van der Waals surface area contributed by atoms with Crippen LogP contribution in [0.15, 0.2) is 0 Å². The van der Waals surface area contributed by atoms with Gasteiger partial charge in [-0.1, -0.05) is 0 Å². The molecule has 4 nitrogen and oxygen atoms in total. The molecule has 5 heteroatoms. The molecule has 4 N–H and O–H groups in total. The highest BCUT2D eigenvalue weighted by atomic mass is 32.2. The lowest BCUT2D eigenvalue weighted by Crippen LogP contribution is -2.52. The van der Waals surface area contributed by atoms with Gasteiger partial charge in [-0.15, -0.1) is 11.8 Å². The van der Waals surface area contributed by atoms with Crippen LogP contribution in [0.25, 0.3) is 0 Å². The van der Waals surface area contributed by atoms with Crippen LogP contribution in [0.1, 0.15) is 0 Å². The summed E-state index contributed by atoms with van der Waals surface area (Å²) in [5.74, 6) is -0.279. The molecule has 1 heterocycles. The van der Waals surface area contributed by atoms with E-state index in [9.17, 15) is 15.3 Å². The van der Waals surface area contributed by atoms with E-state index >= 15 is 0 Å². The quantitative estimate of drug-likeness (QED) is 0.368. The monoisotopic (exact) mass is 192 g/mol. The normalized spacial score (nSPS) is 58.0. The Morgan fingerprint density at radius 2 is 1.58 bits per heavy atom. The smallest absolute Gasteiger partial charge is 0.107 e. The minimum absolute atomic E-state index is 0.0144. The number of fused-ring (bicyclic) bond motifs is 1. The van der Waals surface area contributed by atoms with Gasteiger partial charge in [0.25, 0.3) is 0 Å². The third-order valence-electron chi connectivity index (χ3n) is 2.67. The summed E-state index contributed by atoms with van der Waals surface area (Å²) in [7, 11) is 0. The maximum absolute atomic E-state index is 9.42. The summed E-state index contributed by atoms with van der Waals surface area (Å²) in [5, 5.41) is 37.1. The lowest BCUT2D eigenvalue weighted by Gasteiger charge is -2.32. The standard InChI is InChI=1S/C7H12O4S/c8-1-2-3(9)4(10)5(11)7-6(2)12-7/h2-11H,1H2/t2-,3-,4+,5-,6+,7-/m1/s1. The van der Waals surface area contributed by atoms with Gasteiger partial charge < -0.3 is 20.4 Å². The van der Waals surface area contributed by atoms with Gasteiger partial charge in [-0.25, -0.2) is 0 Å². The van der Waals surface area contributed by atoms with Crippen LogP contribution < -0.4 is 0 Å². The van der Waals surface area contributed by atoms with Crippen molar-refractivity contribution in [2.24, 2.45) is 5.92 Å². The molecular weight excluding hydrogens is 180 g/mol. The van der Waals surface area contributed by atoms with E-state index in [-0.39, 0.29) is 23.0 Å². The summed E-state index contributed by atoms with van der Waals surface area (Å²) in [6.45, 7) is -0.126. The van der Waals surface area contributed by atoms with Gasteiger partial charge in [-0.2, -0.15) is 0 Å². The van der Waals surface area contributed by atoms with Crippen molar-refractivity contribution in [3.05, 3.63) is 0 Å². The molecular formula is C7H12O4S. The second kappa shape index (κ2) is 2.85. The maximum atomic E-state index is 9.42. The van der Waals surface area contributed by atoms with Crippen molar-refractivity contribution in [2.45, 2.75) is 28.8 Å². The van der Waals surface area contributed by atoms with Crippen molar-refractivity contribution in [2.75, 3.05) is 6.61 Å². The lowest BCUT2D eigenvalue weighted by atomic mass is 9.83. The van der Waals surface area contributed by atoms with Crippen LogP contribution in [0.3, 0.4) is 0 Å². The van der Waals surface area contributed by atoms with Gasteiger partial charge in [0.1, 0.15) is 6.10 Å². The fourth-order valence-electron chi connectivity index (χ4n) is 1.81. The molecule has 0 aromatic heterocycles. The Balaban J connectivity index is 2.11. The zero-order valence-electron chi connectivity index (χ0n) is 6.37. The van der Waals surface area contributed by atoms with Crippen molar-refractivity contribution >= 4 is 11.8 Å². The van der Waals surface area contributed by atoms with E-state index in [1.807, 2.05) is 0 Å². The SMILES string of the molecule is OC[C@@H]1[C@@H](O)[C@H](O)[C@@H](O)[C@H]2S[C@@H]12. The first kappa shape index (κ1) is 8.77. The molecule has 0 spiro atoms. The van der Waals surface area contributed by atoms with E-state index in [0.29, 0.717) is 0 Å². The Kier molecular flexibility index (Phi) is 2.08. The summed E-state index contributed by atoms with van der Waals surface area (Å²) in [6, 6.07) is 0. The van der Waals surface area contributed by atoms with Crippen molar-refractivity contribution in [3.63, 3.8) is 0 Å². The van der Waals surface area contributed by atoms with E-state index < -0.39 is 18.3 Å². The van der Waals surface area contributed by atoms with Gasteiger partial charge in [0.2, 0.25) is 0 Å². The largest absolute Gasteiger partial charge is 0.396 e. The molecule has 1 saturated carbocycles. The van der Waals surface area contributed by atoms with Crippen LogP contribution in [0.5, 0.6) is 0 Å². The Morgan fingerprint density at radius 3 is 2.17 bits per heavy atom. The molecule has 1 aliphatic heterocycles. The second-order valence-electron chi connectivity index (χ2n) is 3.38. The van der Waals surface area contributed by atoms with E-state index in [1.165, 1.54) is 11.8 Å². The highest BCUT2D eigenvalue weighted by Crippen LogP contribution is 2.53. The van der Waals surface area contributed by atoms with Crippen LogP contribution in [-0.4, -0.2) is 55.8 Å². The predicted molar refractivity (Wildman–Crippen MR) is 43.8 cm³/mol. The molecule has 0 aromatic carbocycles. The van der Waals surface area contributed by atoms with E-state index in [4.69, 9.17) is 5.11 Å². The molecule has 6 atom stereocenters. The average molecular weight is 192 g/mol. The predicted octanol–water partition coefficient (Wildman–Crippen LogP) is -1.82. The summed E-state index contributed by atoms with van der Waals surface area (Å²) >= 11 is 1.52. The van der Waals surface area contributed by atoms with Crippen molar-refractivity contribution in [1.29, 1.82) is 0 Å². The molecule has 2 rings (SSSR count). The molecule has 1 saturated heterocycles. The van der Waals surface area contributed by atoms with Gasteiger partial charge in [-0.3, -0.25) is 0 Å². The zero-order chi connectivity index (χ0) is 8.88. The lowest BCUT2D eigenvalue weighted by molar-refractivity contribution is -0.105. The highest BCUT2D eigenvalue weighted by molar-refractivity contribution is 8.07. The molecule has 0 amide bonds. The Bertz CT molecular complexity index is 188. The summed E-state index contributed by atoms with van der Waals surface area (Å²) in [5.41, 5.74) is 0. The van der Waals surface area contributed by atoms with Gasteiger partial charge >= 0.3 is 0 Å². The van der Waals surface area contributed by atoms with E-state index in [0.717, 1.165) is 0 Å². The third-order valence-corrected chi connectivity index (χ3v) is 4.20. The fraction of sp³-hybridized carbons (Fsp3) is 1.00. The van der Waals surface area contributed by atoms with Crippen LogP contribution in [0.4, 0.5) is 0 Å². The van der Waals surface area contributed by atoms with Gasteiger partial charge in [0, 0.05) is 23.0 Å². The first-order chi connectivity index (χ1) is 5.66. The van der Waals surface area contributed by atoms with Crippen molar-refractivity contribution in [1.82, 2.24) is 0 Å². The number of rotatable bonds is 1. The number of hydrogen-bond donors (Lipinski definition) is 4. The minimum Gasteiger partial charge on any atom is -0.396 e. The molecule has 12 heavy (non-hydrogen) atoms. The Labute approximate surface area is 74.2 Å². The van der Waals surface area contributed by atoms with Crippen molar-refractivity contribution < 1.29 is 20.4 Å². The van der Waals surface area contributed by atoms with E-state index in [2.05, 4.69) is 0 Å². The van der Waals surface area contributed by atoms with E-state index in [1.54, 1.807) is 0 Å². The van der Waals surface area contributed by atoms with Crippen molar-refractivity contribution in [3.8, 4) is 0 Å². The second-order valence-corrected chi connectivity index (χ2v) is 4.74. The first-order valence-electron chi connectivity index (χ1n) is 3.97. The number of aliphatic hydroxyl groups is 4. The third kappa shape index (κ3) is 1.08.